The topological polar surface area (TPSA) is 92.0 Å². The number of ketones is 1. The number of rotatable bonds is 6. The van der Waals surface area contributed by atoms with Crippen LogP contribution in [0.1, 0.15) is 16.1 Å². The van der Waals surface area contributed by atoms with Crippen molar-refractivity contribution in [1.29, 1.82) is 0 Å². The van der Waals surface area contributed by atoms with Crippen LogP contribution in [-0.2, 0) is 11.3 Å². The van der Waals surface area contributed by atoms with Gasteiger partial charge in [-0.3, -0.25) is 19.6 Å². The number of nitrogens with two attached hydrogens (primary N) is 1. The first-order chi connectivity index (χ1) is 15.0. The summed E-state index contributed by atoms with van der Waals surface area (Å²) >= 11 is 6.05. The van der Waals surface area contributed by atoms with Crippen molar-refractivity contribution in [3.8, 4) is 0 Å². The fourth-order valence-electron chi connectivity index (χ4n) is 3.74. The van der Waals surface area contributed by atoms with Crippen LogP contribution >= 0.6 is 11.6 Å². The van der Waals surface area contributed by atoms with Gasteiger partial charge in [0.05, 0.1) is 38.0 Å². The quantitative estimate of drug-likeness (QED) is 0.687. The molecular weight excluding hydrogens is 418 g/mol. The molecule has 1 aromatic heterocycles. The first-order valence-corrected chi connectivity index (χ1v) is 10.7. The van der Waals surface area contributed by atoms with Crippen molar-refractivity contribution < 1.29 is 14.3 Å². The molecule has 3 heterocycles. The van der Waals surface area contributed by atoms with Crippen molar-refractivity contribution in [2.45, 2.75) is 12.6 Å². The maximum absolute atomic E-state index is 13.4. The van der Waals surface area contributed by atoms with Gasteiger partial charge in [0, 0.05) is 48.6 Å². The average Bonchev–Trinajstić information content (AvgIpc) is 2.77. The van der Waals surface area contributed by atoms with E-state index >= 15 is 0 Å². The van der Waals surface area contributed by atoms with Gasteiger partial charge in [0.2, 0.25) is 0 Å². The Morgan fingerprint density at radius 2 is 1.81 bits per heavy atom. The van der Waals surface area contributed by atoms with E-state index in [0.717, 1.165) is 32.0 Å². The number of pyridine rings is 1. The molecule has 0 unspecified atom stereocenters. The van der Waals surface area contributed by atoms with Crippen LogP contribution in [0.15, 0.2) is 42.6 Å². The minimum atomic E-state index is -0.167. The molecule has 164 valence electrons. The van der Waals surface area contributed by atoms with Crippen LogP contribution in [0.4, 0.5) is 10.5 Å². The SMILES string of the molecule is NCC(=O)c1ccc(CN(C(=O)N2CCN(C3COC3)CC2)c2ccc(Cl)cc2)nc1. The third kappa shape index (κ3) is 5.04. The zero-order chi connectivity index (χ0) is 21.8. The second-order valence-electron chi connectivity index (χ2n) is 7.72. The molecule has 2 fully saturated rings. The summed E-state index contributed by atoms with van der Waals surface area (Å²) in [5.74, 6) is -0.167. The number of urea groups is 1. The number of hydrogen-bond donors (Lipinski definition) is 1. The Hall–Kier alpha value is -2.52. The Morgan fingerprint density at radius 1 is 1.10 bits per heavy atom. The van der Waals surface area contributed by atoms with E-state index in [2.05, 4.69) is 9.88 Å². The molecule has 2 amide bonds. The zero-order valence-corrected chi connectivity index (χ0v) is 18.0. The van der Waals surface area contributed by atoms with Gasteiger partial charge in [-0.05, 0) is 36.4 Å². The van der Waals surface area contributed by atoms with Crippen molar-refractivity contribution >= 4 is 29.1 Å². The smallest absolute Gasteiger partial charge is 0.324 e. The molecule has 1 aromatic carbocycles. The lowest BCUT2D eigenvalue weighted by atomic mass is 10.1. The van der Waals surface area contributed by atoms with Crippen LogP contribution in [-0.4, -0.2) is 78.6 Å². The molecule has 2 aliphatic rings. The summed E-state index contributed by atoms with van der Waals surface area (Å²) in [6, 6.07) is 11.0. The summed E-state index contributed by atoms with van der Waals surface area (Å²) in [7, 11) is 0. The molecule has 8 nitrogen and oxygen atoms in total. The summed E-state index contributed by atoms with van der Waals surface area (Å²) < 4.78 is 5.29. The minimum Gasteiger partial charge on any atom is -0.378 e. The Labute approximate surface area is 186 Å². The number of benzene rings is 1. The molecule has 4 rings (SSSR count). The van der Waals surface area contributed by atoms with Crippen LogP contribution in [0.25, 0.3) is 0 Å². The summed E-state index contributed by atoms with van der Waals surface area (Å²) in [5.41, 5.74) is 7.31. The van der Waals surface area contributed by atoms with Crippen molar-refractivity contribution in [2.75, 3.05) is 50.8 Å². The number of halogens is 1. The van der Waals surface area contributed by atoms with Crippen LogP contribution in [0.5, 0.6) is 0 Å². The van der Waals surface area contributed by atoms with E-state index in [-0.39, 0.29) is 24.9 Å². The van der Waals surface area contributed by atoms with E-state index in [1.807, 2.05) is 17.0 Å². The number of carbonyl (C=O) groups excluding carboxylic acids is 2. The molecule has 0 atom stereocenters. The molecule has 2 N–H and O–H groups in total. The highest BCUT2D eigenvalue weighted by molar-refractivity contribution is 6.30. The number of nitrogens with zero attached hydrogens (tertiary/aromatic N) is 4. The standard InChI is InChI=1S/C22H26ClN5O3/c23-17-2-5-19(6-3-17)28(13-18-4-1-16(12-25-18)21(29)11-24)22(30)27-9-7-26(8-10-27)20-14-31-15-20/h1-6,12,20H,7-11,13-15,24H2. The van der Waals surface area contributed by atoms with Crippen molar-refractivity contribution in [3.63, 3.8) is 0 Å². The number of hydrogen-bond acceptors (Lipinski definition) is 6. The Balaban J connectivity index is 1.49. The van der Waals surface area contributed by atoms with Crippen LogP contribution in [0.2, 0.25) is 5.02 Å². The predicted octanol–water partition coefficient (Wildman–Crippen LogP) is 2.02. The molecule has 0 bridgehead atoms. The van der Waals surface area contributed by atoms with E-state index < -0.39 is 0 Å². The number of aromatic nitrogens is 1. The van der Waals surface area contributed by atoms with Gasteiger partial charge in [0.15, 0.2) is 5.78 Å². The lowest BCUT2D eigenvalue weighted by Crippen LogP contribution is -2.59. The number of ether oxygens (including phenoxy) is 1. The van der Waals surface area contributed by atoms with Crippen molar-refractivity contribution in [3.05, 3.63) is 58.9 Å². The number of amides is 2. The molecule has 2 saturated heterocycles. The summed E-state index contributed by atoms with van der Waals surface area (Å²) in [6.07, 6.45) is 1.51. The monoisotopic (exact) mass is 443 g/mol. The molecule has 9 heteroatoms. The highest BCUT2D eigenvalue weighted by Crippen LogP contribution is 2.23. The normalized spacial score (nSPS) is 17.3. The lowest BCUT2D eigenvalue weighted by molar-refractivity contribution is -0.0738. The molecular formula is C22H26ClN5O3. The highest BCUT2D eigenvalue weighted by atomic mass is 35.5. The average molecular weight is 444 g/mol. The fourth-order valence-corrected chi connectivity index (χ4v) is 3.86. The first-order valence-electron chi connectivity index (χ1n) is 10.4. The van der Waals surface area contributed by atoms with E-state index in [1.165, 1.54) is 6.20 Å². The minimum absolute atomic E-state index is 0.0601. The summed E-state index contributed by atoms with van der Waals surface area (Å²) in [4.78, 5) is 35.5. The molecule has 31 heavy (non-hydrogen) atoms. The molecule has 0 aliphatic carbocycles. The highest BCUT2D eigenvalue weighted by Gasteiger charge is 2.32. The van der Waals surface area contributed by atoms with Crippen molar-refractivity contribution in [1.82, 2.24) is 14.8 Å². The molecule has 0 spiro atoms. The first kappa shape index (κ1) is 21.7. The molecule has 2 aliphatic heterocycles. The van der Waals surface area contributed by atoms with E-state index in [9.17, 15) is 9.59 Å². The van der Waals surface area contributed by atoms with Crippen molar-refractivity contribution in [2.24, 2.45) is 5.73 Å². The molecule has 2 aromatic rings. The summed E-state index contributed by atoms with van der Waals surface area (Å²) in [5, 5.41) is 0.607. The zero-order valence-electron chi connectivity index (χ0n) is 17.2. The number of piperazine rings is 1. The number of Topliss-reactive ketones (excluding diaryl/α,β-unsaturated/α-hetero) is 1. The Kier molecular flexibility index (Phi) is 6.82. The third-order valence-corrected chi connectivity index (χ3v) is 6.00. The second kappa shape index (κ2) is 9.74. The molecule has 0 radical (unpaired) electrons. The van der Waals surface area contributed by atoms with E-state index in [1.54, 1.807) is 29.2 Å². The fraction of sp³-hybridized carbons (Fsp3) is 0.409. The Bertz CT molecular complexity index is 910. The maximum Gasteiger partial charge on any atom is 0.324 e. The predicted molar refractivity (Wildman–Crippen MR) is 118 cm³/mol. The van der Waals surface area contributed by atoms with Gasteiger partial charge in [-0.2, -0.15) is 0 Å². The van der Waals surface area contributed by atoms with Crippen LogP contribution in [0, 0.1) is 0 Å². The maximum atomic E-state index is 13.4. The third-order valence-electron chi connectivity index (χ3n) is 5.74. The van der Waals surface area contributed by atoms with Gasteiger partial charge in [-0.1, -0.05) is 11.6 Å². The van der Waals surface area contributed by atoms with E-state index in [4.69, 9.17) is 22.1 Å². The lowest BCUT2D eigenvalue weighted by Gasteiger charge is -2.43. The van der Waals surface area contributed by atoms with Gasteiger partial charge in [0.1, 0.15) is 0 Å². The van der Waals surface area contributed by atoms with Gasteiger partial charge >= 0.3 is 6.03 Å². The summed E-state index contributed by atoms with van der Waals surface area (Å²) in [6.45, 7) is 4.78. The van der Waals surface area contributed by atoms with Crippen LogP contribution in [0.3, 0.4) is 0 Å². The van der Waals surface area contributed by atoms with Gasteiger partial charge in [-0.15, -0.1) is 0 Å². The Morgan fingerprint density at radius 3 is 2.35 bits per heavy atom. The van der Waals surface area contributed by atoms with Gasteiger partial charge in [-0.25, -0.2) is 4.79 Å². The largest absolute Gasteiger partial charge is 0.378 e. The van der Waals surface area contributed by atoms with Crippen LogP contribution < -0.4 is 10.6 Å². The number of carbonyl (C=O) groups is 2. The molecule has 0 saturated carbocycles. The number of anilines is 1. The second-order valence-corrected chi connectivity index (χ2v) is 8.16. The van der Waals surface area contributed by atoms with E-state index in [0.29, 0.717) is 35.4 Å². The van der Waals surface area contributed by atoms with Gasteiger partial charge in [0.25, 0.3) is 0 Å². The van der Waals surface area contributed by atoms with Gasteiger partial charge < -0.3 is 15.4 Å².